The summed E-state index contributed by atoms with van der Waals surface area (Å²) in [7, 11) is 0. The number of nitrogens with zero attached hydrogens (tertiary/aromatic N) is 4. The van der Waals surface area contributed by atoms with Gasteiger partial charge in [-0.1, -0.05) is 78.9 Å². The average Bonchev–Trinajstić information content (AvgIpc) is 3.62. The molecule has 0 atom stereocenters. The molecule has 9 rings (SSSR count). The molecule has 5 aromatic carbocycles. The van der Waals surface area contributed by atoms with Crippen molar-refractivity contribution in [2.75, 3.05) is 0 Å². The zero-order chi connectivity index (χ0) is 29.0. The number of aromatic nitrogens is 4. The highest BCUT2D eigenvalue weighted by molar-refractivity contribution is 6.10. The second-order valence-electron chi connectivity index (χ2n) is 11.2. The highest BCUT2D eigenvalue weighted by atomic mass is 15.0. The van der Waals surface area contributed by atoms with Crippen molar-refractivity contribution in [3.8, 4) is 33.6 Å². The summed E-state index contributed by atoms with van der Waals surface area (Å²) in [4.78, 5) is 9.01. The lowest BCUT2D eigenvalue weighted by molar-refractivity contribution is 1.17. The van der Waals surface area contributed by atoms with Crippen LogP contribution < -0.4 is 0 Å². The Labute approximate surface area is 254 Å². The van der Waals surface area contributed by atoms with E-state index in [0.29, 0.717) is 0 Å². The van der Waals surface area contributed by atoms with Crippen LogP contribution in [0.15, 0.2) is 158 Å². The Morgan fingerprint density at radius 2 is 0.773 bits per heavy atom. The molecule has 4 heterocycles. The maximum Gasteiger partial charge on any atom is 0.0571 e. The quantitative estimate of drug-likeness (QED) is 0.214. The fourth-order valence-corrected chi connectivity index (χ4v) is 6.66. The zero-order valence-corrected chi connectivity index (χ0v) is 23.8. The van der Waals surface area contributed by atoms with E-state index in [9.17, 15) is 0 Å². The largest absolute Gasteiger partial charge is 0.309 e. The van der Waals surface area contributed by atoms with Crippen molar-refractivity contribution in [1.82, 2.24) is 19.1 Å². The van der Waals surface area contributed by atoms with Crippen LogP contribution in [0, 0.1) is 0 Å². The second-order valence-corrected chi connectivity index (χ2v) is 11.2. The van der Waals surface area contributed by atoms with Crippen LogP contribution >= 0.6 is 0 Å². The fourth-order valence-electron chi connectivity index (χ4n) is 6.66. The highest BCUT2D eigenvalue weighted by Crippen LogP contribution is 2.34. The third kappa shape index (κ3) is 3.78. The van der Waals surface area contributed by atoms with Crippen LogP contribution in [0.4, 0.5) is 0 Å². The van der Waals surface area contributed by atoms with E-state index in [-0.39, 0.29) is 0 Å². The smallest absolute Gasteiger partial charge is 0.0571 e. The predicted octanol–water partition coefficient (Wildman–Crippen LogP) is 10.0. The molecule has 0 saturated heterocycles. The zero-order valence-electron chi connectivity index (χ0n) is 23.8. The van der Waals surface area contributed by atoms with Gasteiger partial charge in [-0.25, -0.2) is 0 Å². The summed E-state index contributed by atoms with van der Waals surface area (Å²) in [5.74, 6) is 0. The van der Waals surface area contributed by atoms with Crippen LogP contribution in [-0.4, -0.2) is 19.1 Å². The first-order valence-corrected chi connectivity index (χ1v) is 14.8. The van der Waals surface area contributed by atoms with E-state index in [1.54, 1.807) is 0 Å². The van der Waals surface area contributed by atoms with Crippen LogP contribution in [0.25, 0.3) is 77.2 Å². The van der Waals surface area contributed by atoms with Crippen molar-refractivity contribution >= 4 is 43.6 Å². The van der Waals surface area contributed by atoms with Crippen LogP contribution in [0.3, 0.4) is 0 Å². The molecular formula is C40H26N4. The molecule has 4 aromatic heterocycles. The molecule has 44 heavy (non-hydrogen) atoms. The van der Waals surface area contributed by atoms with E-state index in [2.05, 4.69) is 153 Å². The molecule has 0 amide bonds. The molecule has 0 radical (unpaired) electrons. The van der Waals surface area contributed by atoms with E-state index in [4.69, 9.17) is 0 Å². The van der Waals surface area contributed by atoms with Gasteiger partial charge in [0.25, 0.3) is 0 Å². The molecule has 0 bridgehead atoms. The third-order valence-electron chi connectivity index (χ3n) is 8.71. The van der Waals surface area contributed by atoms with Gasteiger partial charge in [0.05, 0.1) is 22.1 Å². The Morgan fingerprint density at radius 1 is 0.341 bits per heavy atom. The summed E-state index contributed by atoms with van der Waals surface area (Å²) in [5, 5.41) is 4.91. The van der Waals surface area contributed by atoms with Gasteiger partial charge in [0.2, 0.25) is 0 Å². The standard InChI is InChI=1S/C40H26N4/c1-4-10-37-33(7-1)34-8-2-5-11-38(34)43(37)31-17-13-27(14-18-31)29-23-30(25-42-24-29)28-15-19-32(20-16-28)44-39-12-6-3-9-35(39)36-26-41-22-21-40(36)44/h1-26H. The lowest BCUT2D eigenvalue weighted by Gasteiger charge is -2.11. The molecule has 0 unspecified atom stereocenters. The number of hydrogen-bond donors (Lipinski definition) is 0. The van der Waals surface area contributed by atoms with E-state index in [1.165, 1.54) is 32.7 Å². The monoisotopic (exact) mass is 562 g/mol. The first-order valence-electron chi connectivity index (χ1n) is 14.8. The Hall–Kier alpha value is -6.00. The van der Waals surface area contributed by atoms with Gasteiger partial charge in [-0.05, 0) is 65.7 Å². The van der Waals surface area contributed by atoms with Gasteiger partial charge in [-0.2, -0.15) is 0 Å². The Morgan fingerprint density at radius 3 is 1.27 bits per heavy atom. The van der Waals surface area contributed by atoms with Crippen LogP contribution in [0.1, 0.15) is 0 Å². The van der Waals surface area contributed by atoms with E-state index in [0.717, 1.165) is 44.5 Å². The molecule has 0 saturated carbocycles. The Bertz CT molecular complexity index is 2200. The van der Waals surface area contributed by atoms with Crippen LogP contribution in [0.2, 0.25) is 0 Å². The molecular weight excluding hydrogens is 536 g/mol. The molecule has 9 aromatic rings. The maximum absolute atomic E-state index is 4.63. The highest BCUT2D eigenvalue weighted by Gasteiger charge is 2.13. The van der Waals surface area contributed by atoms with Crippen LogP contribution in [0.5, 0.6) is 0 Å². The number of rotatable bonds is 4. The van der Waals surface area contributed by atoms with E-state index < -0.39 is 0 Å². The van der Waals surface area contributed by atoms with E-state index in [1.807, 2.05) is 24.8 Å². The molecule has 0 spiro atoms. The minimum absolute atomic E-state index is 1.09. The summed E-state index contributed by atoms with van der Waals surface area (Å²) in [6, 6.07) is 47.6. The van der Waals surface area contributed by atoms with Gasteiger partial charge in [0, 0.05) is 68.8 Å². The average molecular weight is 563 g/mol. The molecule has 0 aliphatic carbocycles. The van der Waals surface area contributed by atoms with Crippen molar-refractivity contribution in [3.63, 3.8) is 0 Å². The Kier molecular flexibility index (Phi) is 5.47. The fraction of sp³-hybridized carbons (Fsp3) is 0. The first kappa shape index (κ1) is 24.6. The van der Waals surface area contributed by atoms with Gasteiger partial charge < -0.3 is 9.13 Å². The molecule has 0 fully saturated rings. The second kappa shape index (κ2) is 9.79. The molecule has 4 nitrogen and oxygen atoms in total. The van der Waals surface area contributed by atoms with Crippen molar-refractivity contribution in [2.24, 2.45) is 0 Å². The van der Waals surface area contributed by atoms with Gasteiger partial charge in [-0.3, -0.25) is 9.97 Å². The molecule has 4 heteroatoms. The lowest BCUT2D eigenvalue weighted by atomic mass is 10.0. The minimum atomic E-state index is 1.09. The van der Waals surface area contributed by atoms with Crippen molar-refractivity contribution < 1.29 is 0 Å². The van der Waals surface area contributed by atoms with Crippen molar-refractivity contribution in [3.05, 3.63) is 158 Å². The lowest BCUT2D eigenvalue weighted by Crippen LogP contribution is -1.94. The number of pyridine rings is 2. The SMILES string of the molecule is c1ccc2c(c1)c1ccccc1n2-c1ccc(-c2cncc(-c3ccc(-n4c5ccccc5c5cnccc54)cc3)c2)cc1. The van der Waals surface area contributed by atoms with Gasteiger partial charge in [0.1, 0.15) is 0 Å². The molecule has 0 aliphatic rings. The van der Waals surface area contributed by atoms with Gasteiger partial charge >= 0.3 is 0 Å². The summed E-state index contributed by atoms with van der Waals surface area (Å²) >= 11 is 0. The summed E-state index contributed by atoms with van der Waals surface area (Å²) in [5.41, 5.74) is 11.5. The van der Waals surface area contributed by atoms with E-state index >= 15 is 0 Å². The topological polar surface area (TPSA) is 35.6 Å². The van der Waals surface area contributed by atoms with Crippen LogP contribution in [-0.2, 0) is 0 Å². The third-order valence-corrected chi connectivity index (χ3v) is 8.71. The molecule has 206 valence electrons. The maximum atomic E-state index is 4.63. The number of fused-ring (bicyclic) bond motifs is 6. The molecule has 0 aliphatic heterocycles. The van der Waals surface area contributed by atoms with Crippen molar-refractivity contribution in [2.45, 2.75) is 0 Å². The number of hydrogen-bond acceptors (Lipinski definition) is 2. The summed E-state index contributed by atoms with van der Waals surface area (Å²) in [6.07, 6.45) is 7.70. The summed E-state index contributed by atoms with van der Waals surface area (Å²) < 4.78 is 4.65. The number of para-hydroxylation sites is 3. The van der Waals surface area contributed by atoms with Gasteiger partial charge in [-0.15, -0.1) is 0 Å². The summed E-state index contributed by atoms with van der Waals surface area (Å²) in [6.45, 7) is 0. The molecule has 0 N–H and O–H groups in total. The van der Waals surface area contributed by atoms with Crippen molar-refractivity contribution in [1.29, 1.82) is 0 Å². The number of benzene rings is 5. The predicted molar refractivity (Wildman–Crippen MR) is 182 cm³/mol. The minimum Gasteiger partial charge on any atom is -0.309 e. The first-order chi connectivity index (χ1) is 21.8. The normalized spacial score (nSPS) is 11.6. The van der Waals surface area contributed by atoms with Gasteiger partial charge in [0.15, 0.2) is 0 Å². The Balaban J connectivity index is 1.06.